The topological polar surface area (TPSA) is 56.1 Å². The first-order valence-electron chi connectivity index (χ1n) is 6.94. The molecule has 0 spiro atoms. The first-order valence-corrected chi connectivity index (χ1v) is 6.94. The summed E-state index contributed by atoms with van der Waals surface area (Å²) in [6.07, 6.45) is 3.09. The van der Waals surface area contributed by atoms with Gasteiger partial charge in [-0.25, -0.2) is 0 Å². The first kappa shape index (κ1) is 15.7. The number of nitrogens with one attached hydrogen (secondary N) is 1. The van der Waals surface area contributed by atoms with E-state index in [0.717, 1.165) is 37.3 Å². The molecule has 5 nitrogen and oxygen atoms in total. The zero-order valence-corrected chi connectivity index (χ0v) is 12.5. The number of hydrogen-bond donors (Lipinski definition) is 1. The largest absolute Gasteiger partial charge is 0.381 e. The Morgan fingerprint density at radius 2 is 2.00 bits per heavy atom. The molecule has 0 atom stereocenters. The smallest absolute Gasteiger partial charge is 0.255 e. The quantitative estimate of drug-likeness (QED) is 0.733. The van der Waals surface area contributed by atoms with Gasteiger partial charge in [0, 0.05) is 32.5 Å². The minimum absolute atomic E-state index is 0.0448. The van der Waals surface area contributed by atoms with E-state index >= 15 is 0 Å². The third-order valence-corrected chi connectivity index (χ3v) is 3.13. The number of aromatic nitrogens is 2. The molecular weight excluding hydrogens is 242 g/mol. The summed E-state index contributed by atoms with van der Waals surface area (Å²) in [7, 11) is 1.85. The molecule has 5 heteroatoms. The second-order valence-corrected chi connectivity index (χ2v) is 4.74. The van der Waals surface area contributed by atoms with Crippen LogP contribution in [0.15, 0.2) is 0 Å². The Balaban J connectivity index is 2.28. The maximum Gasteiger partial charge on any atom is 0.255 e. The van der Waals surface area contributed by atoms with Crippen LogP contribution in [-0.2, 0) is 11.8 Å². The van der Waals surface area contributed by atoms with Crippen molar-refractivity contribution in [3.8, 4) is 0 Å². The Bertz CT molecular complexity index is 413. The normalized spacial score (nSPS) is 10.7. The van der Waals surface area contributed by atoms with Gasteiger partial charge in [0.25, 0.3) is 5.91 Å². The molecule has 0 bridgehead atoms. The molecule has 1 aromatic heterocycles. The molecule has 1 rings (SSSR count). The number of unbranched alkanes of at least 4 members (excludes halogenated alkanes) is 1. The van der Waals surface area contributed by atoms with E-state index in [4.69, 9.17) is 4.74 Å². The third kappa shape index (κ3) is 4.67. The molecule has 0 radical (unpaired) electrons. The van der Waals surface area contributed by atoms with E-state index in [-0.39, 0.29) is 5.91 Å². The van der Waals surface area contributed by atoms with Crippen molar-refractivity contribution in [2.75, 3.05) is 19.8 Å². The lowest BCUT2D eigenvalue weighted by Gasteiger charge is -2.06. The zero-order chi connectivity index (χ0) is 14.3. The van der Waals surface area contributed by atoms with E-state index in [0.29, 0.717) is 18.7 Å². The molecule has 1 heterocycles. The average Bonchev–Trinajstić information content (AvgIpc) is 2.62. The van der Waals surface area contributed by atoms with E-state index in [1.165, 1.54) is 0 Å². The Labute approximate surface area is 115 Å². The number of carbonyl (C=O) groups excluding carboxylic acids is 1. The molecule has 108 valence electrons. The number of rotatable bonds is 8. The maximum atomic E-state index is 12.0. The van der Waals surface area contributed by atoms with Gasteiger partial charge in [-0.3, -0.25) is 9.48 Å². The summed E-state index contributed by atoms with van der Waals surface area (Å²) in [5.74, 6) is -0.0448. The number of aryl methyl sites for hydroxylation is 2. The number of carbonyl (C=O) groups is 1. The summed E-state index contributed by atoms with van der Waals surface area (Å²) in [5.41, 5.74) is 2.36. The minimum atomic E-state index is -0.0448. The molecule has 0 fully saturated rings. The van der Waals surface area contributed by atoms with Gasteiger partial charge in [-0.2, -0.15) is 5.10 Å². The molecule has 1 aromatic rings. The fourth-order valence-electron chi connectivity index (χ4n) is 1.92. The standard InChI is InChI=1S/C14H25N3O2/c1-5-6-9-19-10-7-8-15-14(18)13-11(2)16-17(4)12(13)3/h5-10H2,1-4H3,(H,15,18). The monoisotopic (exact) mass is 267 g/mol. The molecule has 19 heavy (non-hydrogen) atoms. The van der Waals surface area contributed by atoms with Crippen LogP contribution in [0.1, 0.15) is 47.9 Å². The van der Waals surface area contributed by atoms with Crippen molar-refractivity contribution in [1.29, 1.82) is 0 Å². The molecule has 0 saturated heterocycles. The minimum Gasteiger partial charge on any atom is -0.381 e. The van der Waals surface area contributed by atoms with Crippen LogP contribution in [0.4, 0.5) is 0 Å². The summed E-state index contributed by atoms with van der Waals surface area (Å²) in [6.45, 7) is 8.05. The van der Waals surface area contributed by atoms with Crippen molar-refractivity contribution in [2.45, 2.75) is 40.0 Å². The van der Waals surface area contributed by atoms with E-state index in [9.17, 15) is 4.79 Å². The molecular formula is C14H25N3O2. The molecule has 1 amide bonds. The second kappa shape index (κ2) is 7.94. The van der Waals surface area contributed by atoms with E-state index in [1.807, 2.05) is 20.9 Å². The van der Waals surface area contributed by atoms with E-state index < -0.39 is 0 Å². The molecule has 0 aliphatic heterocycles. The summed E-state index contributed by atoms with van der Waals surface area (Å²) >= 11 is 0. The van der Waals surface area contributed by atoms with Crippen LogP contribution in [-0.4, -0.2) is 35.4 Å². The first-order chi connectivity index (χ1) is 9.07. The average molecular weight is 267 g/mol. The summed E-state index contributed by atoms with van der Waals surface area (Å²) in [4.78, 5) is 12.0. The maximum absolute atomic E-state index is 12.0. The Kier molecular flexibility index (Phi) is 6.56. The van der Waals surface area contributed by atoms with E-state index in [1.54, 1.807) is 4.68 Å². The highest BCUT2D eigenvalue weighted by atomic mass is 16.5. The molecule has 0 unspecified atom stereocenters. The highest BCUT2D eigenvalue weighted by molar-refractivity contribution is 5.96. The van der Waals surface area contributed by atoms with Gasteiger partial charge in [-0.15, -0.1) is 0 Å². The van der Waals surface area contributed by atoms with Crippen LogP contribution < -0.4 is 5.32 Å². The van der Waals surface area contributed by atoms with Gasteiger partial charge in [-0.05, 0) is 26.7 Å². The Morgan fingerprint density at radius 1 is 1.32 bits per heavy atom. The van der Waals surface area contributed by atoms with Crippen molar-refractivity contribution in [2.24, 2.45) is 7.05 Å². The van der Waals surface area contributed by atoms with Crippen LogP contribution in [0.25, 0.3) is 0 Å². The van der Waals surface area contributed by atoms with Gasteiger partial charge in [-0.1, -0.05) is 13.3 Å². The third-order valence-electron chi connectivity index (χ3n) is 3.13. The van der Waals surface area contributed by atoms with Crippen LogP contribution in [0.3, 0.4) is 0 Å². The summed E-state index contributed by atoms with van der Waals surface area (Å²) in [6, 6.07) is 0. The van der Waals surface area contributed by atoms with Gasteiger partial charge in [0.2, 0.25) is 0 Å². The molecule has 1 N–H and O–H groups in total. The van der Waals surface area contributed by atoms with Crippen molar-refractivity contribution < 1.29 is 9.53 Å². The summed E-state index contributed by atoms with van der Waals surface area (Å²) < 4.78 is 7.18. The zero-order valence-electron chi connectivity index (χ0n) is 12.5. The van der Waals surface area contributed by atoms with Gasteiger partial charge in [0.05, 0.1) is 11.3 Å². The predicted octanol–water partition coefficient (Wildman–Crippen LogP) is 1.97. The fraction of sp³-hybridized carbons (Fsp3) is 0.714. The highest BCUT2D eigenvalue weighted by Gasteiger charge is 2.16. The SMILES string of the molecule is CCCCOCCCNC(=O)c1c(C)nn(C)c1C. The lowest BCUT2D eigenvalue weighted by atomic mass is 10.2. The van der Waals surface area contributed by atoms with Crippen LogP contribution in [0.5, 0.6) is 0 Å². The van der Waals surface area contributed by atoms with Gasteiger partial charge in [0.15, 0.2) is 0 Å². The molecule has 0 aromatic carbocycles. The van der Waals surface area contributed by atoms with Crippen LogP contribution in [0.2, 0.25) is 0 Å². The Hall–Kier alpha value is -1.36. The van der Waals surface area contributed by atoms with Crippen LogP contribution in [0, 0.1) is 13.8 Å². The van der Waals surface area contributed by atoms with Gasteiger partial charge < -0.3 is 10.1 Å². The predicted molar refractivity (Wildman–Crippen MR) is 75.4 cm³/mol. The Morgan fingerprint density at radius 3 is 2.58 bits per heavy atom. The van der Waals surface area contributed by atoms with E-state index in [2.05, 4.69) is 17.3 Å². The number of ether oxygens (including phenoxy) is 1. The van der Waals surface area contributed by atoms with Crippen molar-refractivity contribution in [3.05, 3.63) is 17.0 Å². The number of nitrogens with zero attached hydrogens (tertiary/aromatic N) is 2. The molecule has 0 aliphatic carbocycles. The van der Waals surface area contributed by atoms with Crippen LogP contribution >= 0.6 is 0 Å². The summed E-state index contributed by atoms with van der Waals surface area (Å²) in [5, 5.41) is 7.15. The lowest BCUT2D eigenvalue weighted by Crippen LogP contribution is -2.26. The molecule has 0 aliphatic rings. The van der Waals surface area contributed by atoms with Gasteiger partial charge >= 0.3 is 0 Å². The second-order valence-electron chi connectivity index (χ2n) is 4.74. The number of amides is 1. The highest BCUT2D eigenvalue weighted by Crippen LogP contribution is 2.11. The lowest BCUT2D eigenvalue weighted by molar-refractivity contribution is 0.0939. The fourth-order valence-corrected chi connectivity index (χ4v) is 1.92. The van der Waals surface area contributed by atoms with Crippen molar-refractivity contribution >= 4 is 5.91 Å². The molecule has 0 saturated carbocycles. The van der Waals surface area contributed by atoms with Crippen molar-refractivity contribution in [3.63, 3.8) is 0 Å². The number of hydrogen-bond acceptors (Lipinski definition) is 3. The van der Waals surface area contributed by atoms with Crippen molar-refractivity contribution in [1.82, 2.24) is 15.1 Å². The van der Waals surface area contributed by atoms with Gasteiger partial charge in [0.1, 0.15) is 0 Å².